The van der Waals surface area contributed by atoms with E-state index < -0.39 is 31.0 Å². The third-order valence-corrected chi connectivity index (χ3v) is 6.31. The van der Waals surface area contributed by atoms with Crippen LogP contribution in [0.1, 0.15) is 5.56 Å². The third-order valence-electron chi connectivity index (χ3n) is 4.11. The minimum absolute atomic E-state index is 0.129. The van der Waals surface area contributed by atoms with Gasteiger partial charge in [-0.2, -0.15) is 0 Å². The van der Waals surface area contributed by atoms with Crippen LogP contribution in [0, 0.1) is 0 Å². The number of thioether (sulfide) groups is 1. The van der Waals surface area contributed by atoms with Crippen LogP contribution in [-0.2, 0) is 14.4 Å². The van der Waals surface area contributed by atoms with E-state index in [1.807, 2.05) is 0 Å². The number of methoxy groups -OCH3 is 1. The fourth-order valence-corrected chi connectivity index (χ4v) is 4.70. The van der Waals surface area contributed by atoms with E-state index in [1.54, 1.807) is 24.3 Å². The summed E-state index contributed by atoms with van der Waals surface area (Å²) in [6.07, 6.45) is 1.53. The van der Waals surface area contributed by atoms with E-state index in [4.69, 9.17) is 31.9 Å². The van der Waals surface area contributed by atoms with E-state index in [9.17, 15) is 14.4 Å². The van der Waals surface area contributed by atoms with E-state index in [0.29, 0.717) is 21.2 Å². The molecule has 1 aliphatic rings. The van der Waals surface area contributed by atoms with Gasteiger partial charge < -0.3 is 19.7 Å². The van der Waals surface area contributed by atoms with Crippen molar-refractivity contribution >= 4 is 78.9 Å². The van der Waals surface area contributed by atoms with Gasteiger partial charge in [0.05, 0.1) is 16.5 Å². The standard InChI is InChI=1S/C19H14BrNO7S2/c1-27-13-5-2-9-10(17(13)20)3-4-12(28-8-16(24)25)11(9)6-14-18(26)21(7-15(22)23)19(29)30-14/h2-6H,7-8H2,1H3,(H,22,23)(H,24,25). The second-order valence-corrected chi connectivity index (χ2v) is 8.47. The largest absolute Gasteiger partial charge is 0.496 e. The van der Waals surface area contributed by atoms with Gasteiger partial charge in [0.2, 0.25) is 0 Å². The molecule has 1 amide bonds. The molecule has 0 aliphatic carbocycles. The number of rotatable bonds is 7. The van der Waals surface area contributed by atoms with Gasteiger partial charge in [-0.1, -0.05) is 24.0 Å². The molecule has 0 radical (unpaired) electrons. The predicted octanol–water partition coefficient (Wildman–Crippen LogP) is 3.36. The van der Waals surface area contributed by atoms with Gasteiger partial charge in [-0.3, -0.25) is 14.5 Å². The van der Waals surface area contributed by atoms with E-state index in [2.05, 4.69) is 15.9 Å². The van der Waals surface area contributed by atoms with Crippen LogP contribution in [-0.4, -0.2) is 57.5 Å². The monoisotopic (exact) mass is 511 g/mol. The summed E-state index contributed by atoms with van der Waals surface area (Å²) in [4.78, 5) is 35.8. The van der Waals surface area contributed by atoms with Crippen molar-refractivity contribution < 1.29 is 34.1 Å². The topological polar surface area (TPSA) is 113 Å². The Labute approximate surface area is 188 Å². The first kappa shape index (κ1) is 22.1. The van der Waals surface area contributed by atoms with Crippen LogP contribution in [0.4, 0.5) is 0 Å². The van der Waals surface area contributed by atoms with Crippen molar-refractivity contribution in [2.45, 2.75) is 0 Å². The molecule has 0 saturated carbocycles. The highest BCUT2D eigenvalue weighted by Crippen LogP contribution is 2.40. The van der Waals surface area contributed by atoms with Crippen LogP contribution in [0.5, 0.6) is 11.5 Å². The lowest BCUT2D eigenvalue weighted by atomic mass is 10.0. The number of ether oxygens (including phenoxy) is 2. The molecule has 1 heterocycles. The second-order valence-electron chi connectivity index (χ2n) is 6.00. The molecule has 0 unspecified atom stereocenters. The Balaban J connectivity index is 2.15. The zero-order valence-corrected chi connectivity index (χ0v) is 18.6. The smallest absolute Gasteiger partial charge is 0.341 e. The molecule has 0 aromatic heterocycles. The number of thiocarbonyl (C=S) groups is 1. The van der Waals surface area contributed by atoms with Crippen molar-refractivity contribution in [3.8, 4) is 11.5 Å². The van der Waals surface area contributed by atoms with Crippen LogP contribution in [0.3, 0.4) is 0 Å². The fourth-order valence-electron chi connectivity index (χ4n) is 2.83. The molecule has 0 atom stereocenters. The summed E-state index contributed by atoms with van der Waals surface area (Å²) in [7, 11) is 1.53. The van der Waals surface area contributed by atoms with E-state index >= 15 is 0 Å². The van der Waals surface area contributed by atoms with Gasteiger partial charge in [0.15, 0.2) is 6.61 Å². The number of carbonyl (C=O) groups excluding carboxylic acids is 1. The molecular formula is C19H14BrNO7S2. The molecule has 11 heteroatoms. The maximum atomic E-state index is 12.7. The number of hydrogen-bond acceptors (Lipinski definition) is 7. The molecule has 1 fully saturated rings. The summed E-state index contributed by atoms with van der Waals surface area (Å²) in [5, 5.41) is 19.4. The van der Waals surface area contributed by atoms with Gasteiger partial charge in [-0.05, 0) is 51.7 Å². The molecule has 2 aromatic rings. The Morgan fingerprint density at radius 1 is 1.17 bits per heavy atom. The van der Waals surface area contributed by atoms with Crippen molar-refractivity contribution in [2.75, 3.05) is 20.3 Å². The van der Waals surface area contributed by atoms with Gasteiger partial charge in [0.25, 0.3) is 5.91 Å². The predicted molar refractivity (Wildman–Crippen MR) is 119 cm³/mol. The molecule has 1 aliphatic heterocycles. The Morgan fingerprint density at radius 3 is 2.47 bits per heavy atom. The minimum Gasteiger partial charge on any atom is -0.496 e. The molecule has 1 saturated heterocycles. The number of amides is 1. The number of nitrogens with zero attached hydrogens (tertiary/aromatic N) is 1. The average molecular weight is 512 g/mol. The van der Waals surface area contributed by atoms with Crippen molar-refractivity contribution in [3.05, 3.63) is 39.2 Å². The zero-order chi connectivity index (χ0) is 22.0. The van der Waals surface area contributed by atoms with E-state index in [-0.39, 0.29) is 15.0 Å². The maximum Gasteiger partial charge on any atom is 0.341 e. The quantitative estimate of drug-likeness (QED) is 0.426. The highest BCUT2D eigenvalue weighted by atomic mass is 79.9. The lowest BCUT2D eigenvalue weighted by Gasteiger charge is -2.14. The SMILES string of the molecule is COc1ccc2c(C=C3SC(=S)N(CC(=O)O)C3=O)c(OCC(=O)O)ccc2c1Br. The minimum atomic E-state index is -1.18. The molecule has 2 aromatic carbocycles. The zero-order valence-electron chi connectivity index (χ0n) is 15.4. The van der Waals surface area contributed by atoms with Gasteiger partial charge >= 0.3 is 11.9 Å². The number of fused-ring (bicyclic) bond motifs is 1. The third kappa shape index (κ3) is 4.42. The molecule has 156 valence electrons. The summed E-state index contributed by atoms with van der Waals surface area (Å²) in [6.45, 7) is -1.10. The van der Waals surface area contributed by atoms with Crippen LogP contribution in [0.25, 0.3) is 16.8 Å². The Hall–Kier alpha value is -2.63. The molecule has 0 bridgehead atoms. The van der Waals surface area contributed by atoms with Crippen molar-refractivity contribution in [3.63, 3.8) is 0 Å². The number of carboxylic acid groups (broad SMARTS) is 2. The molecule has 30 heavy (non-hydrogen) atoms. The molecule has 8 nitrogen and oxygen atoms in total. The first-order valence-electron chi connectivity index (χ1n) is 8.34. The maximum absolute atomic E-state index is 12.7. The van der Waals surface area contributed by atoms with Crippen molar-refractivity contribution in [1.82, 2.24) is 4.90 Å². The van der Waals surface area contributed by atoms with E-state index in [0.717, 1.165) is 22.0 Å². The number of aliphatic carboxylic acids is 2. The molecule has 3 rings (SSSR count). The molecule has 0 spiro atoms. The highest BCUT2D eigenvalue weighted by Gasteiger charge is 2.33. The van der Waals surface area contributed by atoms with Crippen LogP contribution in [0.2, 0.25) is 0 Å². The summed E-state index contributed by atoms with van der Waals surface area (Å²) in [5.41, 5.74) is 0.466. The number of hydrogen-bond donors (Lipinski definition) is 2. The lowest BCUT2D eigenvalue weighted by molar-refractivity contribution is -0.140. The first-order chi connectivity index (χ1) is 14.2. The van der Waals surface area contributed by atoms with Crippen LogP contribution >= 0.6 is 39.9 Å². The summed E-state index contributed by atoms with van der Waals surface area (Å²) in [5.74, 6) is -2.02. The number of halogens is 1. The van der Waals surface area contributed by atoms with Gasteiger partial charge in [0, 0.05) is 10.9 Å². The average Bonchev–Trinajstić information content (AvgIpc) is 2.94. The summed E-state index contributed by atoms with van der Waals surface area (Å²) < 4.78 is 11.5. The van der Waals surface area contributed by atoms with E-state index in [1.165, 1.54) is 13.2 Å². The fraction of sp³-hybridized carbons (Fsp3) is 0.158. The van der Waals surface area contributed by atoms with Gasteiger partial charge in [0.1, 0.15) is 22.4 Å². The molecular weight excluding hydrogens is 498 g/mol. The second kappa shape index (κ2) is 9.02. The lowest BCUT2D eigenvalue weighted by Crippen LogP contribution is -2.33. The number of carbonyl (C=O) groups is 3. The normalized spacial score (nSPS) is 15.1. The van der Waals surface area contributed by atoms with Crippen LogP contribution in [0.15, 0.2) is 33.6 Å². The Morgan fingerprint density at radius 2 is 1.83 bits per heavy atom. The summed E-state index contributed by atoms with van der Waals surface area (Å²) in [6, 6.07) is 6.82. The first-order valence-corrected chi connectivity index (χ1v) is 10.4. The highest BCUT2D eigenvalue weighted by molar-refractivity contribution is 9.10. The van der Waals surface area contributed by atoms with Crippen molar-refractivity contribution in [2.24, 2.45) is 0 Å². The van der Waals surface area contributed by atoms with Crippen molar-refractivity contribution in [1.29, 1.82) is 0 Å². The Kier molecular flexibility index (Phi) is 6.64. The molecule has 2 N–H and O–H groups in total. The Bertz CT molecular complexity index is 1120. The van der Waals surface area contributed by atoms with Gasteiger partial charge in [-0.15, -0.1) is 0 Å². The summed E-state index contributed by atoms with van der Waals surface area (Å²) >= 11 is 9.58. The number of benzene rings is 2. The number of carboxylic acids is 2. The van der Waals surface area contributed by atoms with Gasteiger partial charge in [-0.25, -0.2) is 4.79 Å². The van der Waals surface area contributed by atoms with Crippen LogP contribution < -0.4 is 9.47 Å².